The second-order valence-corrected chi connectivity index (χ2v) is 7.54. The van der Waals surface area contributed by atoms with Crippen molar-refractivity contribution in [2.75, 3.05) is 26.8 Å². The number of rotatable bonds is 5. The second kappa shape index (κ2) is 6.78. The molecule has 1 aromatic heterocycles. The third kappa shape index (κ3) is 3.76. The number of sulfonamides is 1. The number of hydrogen-bond donors (Lipinski definition) is 1. The van der Waals surface area contributed by atoms with Gasteiger partial charge in [-0.15, -0.1) is 0 Å². The summed E-state index contributed by atoms with van der Waals surface area (Å²) < 4.78 is 32.0. The molecule has 6 nitrogen and oxygen atoms in total. The van der Waals surface area contributed by atoms with Gasteiger partial charge in [0.2, 0.25) is 10.0 Å². The highest BCUT2D eigenvalue weighted by Gasteiger charge is 2.28. The van der Waals surface area contributed by atoms with Crippen LogP contribution >= 0.6 is 12.2 Å². The summed E-state index contributed by atoms with van der Waals surface area (Å²) in [5.74, 6) is 0.212. The molecule has 21 heavy (non-hydrogen) atoms. The zero-order valence-corrected chi connectivity index (χ0v) is 13.5. The third-order valence-electron chi connectivity index (χ3n) is 3.46. The Balaban J connectivity index is 2.22. The molecule has 1 aromatic rings. The molecule has 0 amide bonds. The minimum absolute atomic E-state index is 0.0245. The van der Waals surface area contributed by atoms with Gasteiger partial charge in [0.15, 0.2) is 0 Å². The summed E-state index contributed by atoms with van der Waals surface area (Å²) >= 11 is 4.88. The van der Waals surface area contributed by atoms with Crippen LogP contribution in [0.2, 0.25) is 0 Å². The van der Waals surface area contributed by atoms with Crippen LogP contribution in [0.4, 0.5) is 0 Å². The molecule has 1 atom stereocenters. The molecule has 2 rings (SSSR count). The molecule has 1 aliphatic rings. The monoisotopic (exact) mass is 329 g/mol. The zero-order valence-electron chi connectivity index (χ0n) is 11.9. The Labute approximate surface area is 130 Å². The lowest BCUT2D eigenvalue weighted by molar-refractivity contribution is 0.0495. The molecule has 2 heterocycles. The quantitative estimate of drug-likeness (QED) is 0.803. The zero-order chi connectivity index (χ0) is 15.5. The molecule has 0 radical (unpaired) electrons. The minimum Gasteiger partial charge on any atom is -0.388 e. The van der Waals surface area contributed by atoms with Crippen molar-refractivity contribution in [3.63, 3.8) is 0 Å². The number of nitrogens with two attached hydrogens (primary N) is 1. The first kappa shape index (κ1) is 16.3. The Hall–Kier alpha value is -1.09. The Morgan fingerprint density at radius 3 is 3.00 bits per heavy atom. The predicted molar refractivity (Wildman–Crippen MR) is 83.5 cm³/mol. The Morgan fingerprint density at radius 1 is 1.62 bits per heavy atom. The topological polar surface area (TPSA) is 85.5 Å². The first-order chi connectivity index (χ1) is 9.93. The Bertz CT molecular complexity index is 613. The van der Waals surface area contributed by atoms with Gasteiger partial charge in [0, 0.05) is 26.4 Å². The smallest absolute Gasteiger partial charge is 0.245 e. The lowest BCUT2D eigenvalue weighted by Gasteiger charge is -2.27. The predicted octanol–water partition coefficient (Wildman–Crippen LogP) is 0.763. The van der Waals surface area contributed by atoms with Gasteiger partial charge < -0.3 is 10.5 Å². The van der Waals surface area contributed by atoms with E-state index in [0.29, 0.717) is 13.2 Å². The average molecular weight is 329 g/mol. The average Bonchev–Trinajstić information content (AvgIpc) is 2.48. The Kier molecular flexibility index (Phi) is 5.26. The van der Waals surface area contributed by atoms with Gasteiger partial charge in [0.25, 0.3) is 0 Å². The van der Waals surface area contributed by atoms with Gasteiger partial charge in [-0.3, -0.25) is 4.98 Å². The fraction of sp³-hybridized carbons (Fsp3) is 0.538. The van der Waals surface area contributed by atoms with Crippen molar-refractivity contribution in [2.24, 2.45) is 11.7 Å². The molecule has 116 valence electrons. The van der Waals surface area contributed by atoms with E-state index in [-0.39, 0.29) is 21.5 Å². The van der Waals surface area contributed by atoms with E-state index in [1.807, 2.05) is 0 Å². The van der Waals surface area contributed by atoms with Crippen LogP contribution in [0.15, 0.2) is 23.2 Å². The molecule has 0 aliphatic carbocycles. The molecule has 1 unspecified atom stereocenters. The summed E-state index contributed by atoms with van der Waals surface area (Å²) in [5.41, 5.74) is 5.70. The molecule has 0 saturated carbocycles. The van der Waals surface area contributed by atoms with Crippen LogP contribution in [0.25, 0.3) is 0 Å². The highest BCUT2D eigenvalue weighted by Crippen LogP contribution is 2.21. The number of hydrogen-bond acceptors (Lipinski definition) is 5. The van der Waals surface area contributed by atoms with Crippen molar-refractivity contribution in [3.05, 3.63) is 24.0 Å². The van der Waals surface area contributed by atoms with Crippen molar-refractivity contribution >= 4 is 27.2 Å². The molecular formula is C13H19N3O3S2. The van der Waals surface area contributed by atoms with Crippen molar-refractivity contribution in [1.29, 1.82) is 0 Å². The third-order valence-corrected chi connectivity index (χ3v) is 5.51. The van der Waals surface area contributed by atoms with Crippen molar-refractivity contribution < 1.29 is 13.2 Å². The molecular weight excluding hydrogens is 310 g/mol. The summed E-state index contributed by atoms with van der Waals surface area (Å²) in [5, 5.41) is 0. The fourth-order valence-corrected chi connectivity index (χ4v) is 3.99. The molecule has 0 spiro atoms. The molecule has 1 saturated heterocycles. The number of thiocarbonyl (C=S) groups is 1. The van der Waals surface area contributed by atoms with Crippen molar-refractivity contribution in [2.45, 2.75) is 17.7 Å². The second-order valence-electron chi connectivity index (χ2n) is 5.08. The number of nitrogens with zero attached hydrogens (tertiary/aromatic N) is 2. The number of ether oxygens (including phenoxy) is 1. The number of pyridine rings is 1. The SMILES string of the molecule is CN(CC1CCCOC1)S(=O)(=O)c1cccnc1C(N)=S. The standard InChI is InChI=1S/C13H19N3O3S2/c1-16(8-10-4-3-7-19-9-10)21(17,18)11-5-2-6-15-12(11)13(14)20/h2,5-6,10H,3-4,7-9H2,1H3,(H2,14,20). The summed E-state index contributed by atoms with van der Waals surface area (Å²) in [6.07, 6.45) is 3.40. The van der Waals surface area contributed by atoms with Gasteiger partial charge in [-0.25, -0.2) is 12.7 Å². The van der Waals surface area contributed by atoms with Crippen LogP contribution in [-0.2, 0) is 14.8 Å². The Morgan fingerprint density at radius 2 is 2.38 bits per heavy atom. The van der Waals surface area contributed by atoms with Crippen molar-refractivity contribution in [1.82, 2.24) is 9.29 Å². The largest absolute Gasteiger partial charge is 0.388 e. The number of aromatic nitrogens is 1. The maximum absolute atomic E-state index is 12.7. The highest BCUT2D eigenvalue weighted by molar-refractivity contribution is 7.89. The van der Waals surface area contributed by atoms with E-state index >= 15 is 0 Å². The van der Waals surface area contributed by atoms with Gasteiger partial charge in [-0.05, 0) is 30.9 Å². The first-order valence-corrected chi connectivity index (χ1v) is 8.56. The van der Waals surface area contributed by atoms with E-state index in [4.69, 9.17) is 22.7 Å². The summed E-state index contributed by atoms with van der Waals surface area (Å²) in [6, 6.07) is 3.04. The van der Waals surface area contributed by atoms with Gasteiger partial charge in [0.05, 0.1) is 6.61 Å². The van der Waals surface area contributed by atoms with Gasteiger partial charge in [-0.2, -0.15) is 0 Å². The summed E-state index contributed by atoms with van der Waals surface area (Å²) in [6.45, 7) is 1.75. The van der Waals surface area contributed by atoms with E-state index in [2.05, 4.69) is 4.98 Å². The lowest BCUT2D eigenvalue weighted by Crippen LogP contribution is -2.36. The molecule has 2 N–H and O–H groups in total. The van der Waals surface area contributed by atoms with Crippen LogP contribution in [0.1, 0.15) is 18.5 Å². The molecule has 1 aliphatic heterocycles. The van der Waals surface area contributed by atoms with Crippen LogP contribution in [-0.4, -0.2) is 49.5 Å². The molecule has 0 bridgehead atoms. The van der Waals surface area contributed by atoms with Gasteiger partial charge in [0.1, 0.15) is 15.6 Å². The van der Waals surface area contributed by atoms with E-state index in [1.54, 1.807) is 13.1 Å². The summed E-state index contributed by atoms with van der Waals surface area (Å²) in [7, 11) is -2.11. The fourth-order valence-electron chi connectivity index (χ4n) is 2.36. The van der Waals surface area contributed by atoms with Gasteiger partial charge in [-0.1, -0.05) is 12.2 Å². The van der Waals surface area contributed by atoms with Gasteiger partial charge >= 0.3 is 0 Å². The van der Waals surface area contributed by atoms with Crippen LogP contribution in [0, 0.1) is 5.92 Å². The van der Waals surface area contributed by atoms with Crippen LogP contribution in [0.5, 0.6) is 0 Å². The first-order valence-electron chi connectivity index (χ1n) is 6.72. The molecule has 0 aromatic carbocycles. The minimum atomic E-state index is -3.67. The summed E-state index contributed by atoms with van der Waals surface area (Å²) in [4.78, 5) is 4.01. The lowest BCUT2D eigenvalue weighted by atomic mass is 10.0. The maximum atomic E-state index is 12.7. The maximum Gasteiger partial charge on any atom is 0.245 e. The molecule has 8 heteroatoms. The van der Waals surface area contributed by atoms with E-state index in [0.717, 1.165) is 19.4 Å². The highest BCUT2D eigenvalue weighted by atomic mass is 32.2. The van der Waals surface area contributed by atoms with E-state index in [9.17, 15) is 8.42 Å². The normalized spacial score (nSPS) is 19.6. The van der Waals surface area contributed by atoms with Crippen LogP contribution in [0.3, 0.4) is 0 Å². The molecule has 1 fully saturated rings. The van der Waals surface area contributed by atoms with Crippen molar-refractivity contribution in [3.8, 4) is 0 Å². The van der Waals surface area contributed by atoms with E-state index in [1.165, 1.54) is 16.6 Å². The van der Waals surface area contributed by atoms with Crippen LogP contribution < -0.4 is 5.73 Å². The van der Waals surface area contributed by atoms with E-state index < -0.39 is 10.0 Å².